The fourth-order valence-electron chi connectivity index (χ4n) is 3.73. The van der Waals surface area contributed by atoms with E-state index in [1.165, 1.54) is 17.0 Å². The van der Waals surface area contributed by atoms with Crippen LogP contribution < -0.4 is 10.4 Å². The van der Waals surface area contributed by atoms with Gasteiger partial charge in [-0.2, -0.15) is 0 Å². The maximum absolute atomic E-state index is 11.5. The highest BCUT2D eigenvalue weighted by molar-refractivity contribution is 8.03. The van der Waals surface area contributed by atoms with Gasteiger partial charge in [0, 0.05) is 12.6 Å². The first-order valence-corrected chi connectivity index (χ1v) is 15.4. The first-order valence-electron chi connectivity index (χ1n) is 11.1. The van der Waals surface area contributed by atoms with Crippen LogP contribution in [0.5, 0.6) is 0 Å². The SMILES string of the molecule is CCC(CC(C)(C)C)[C@](O)(CC)O[SiH](c1ccccc1)c1ccccc1.CP1(=O)OSO1. The lowest BCUT2D eigenvalue weighted by molar-refractivity contribution is -0.189. The lowest BCUT2D eigenvalue weighted by Gasteiger charge is -2.41. The van der Waals surface area contributed by atoms with Gasteiger partial charge >= 0.3 is 7.60 Å². The number of rotatable bonds is 8. The number of aliphatic hydroxyl groups is 1. The molecule has 0 bridgehead atoms. The monoisotopic (exact) mass is 496 g/mol. The predicted octanol–water partition coefficient (Wildman–Crippen LogP) is 5.52. The van der Waals surface area contributed by atoms with Crippen molar-refractivity contribution in [1.29, 1.82) is 0 Å². The molecule has 1 saturated heterocycles. The van der Waals surface area contributed by atoms with E-state index in [0.29, 0.717) is 6.42 Å². The van der Waals surface area contributed by atoms with Crippen LogP contribution >= 0.6 is 19.9 Å². The van der Waals surface area contributed by atoms with Gasteiger partial charge in [-0.15, -0.1) is 0 Å². The number of hydrogen-bond donors (Lipinski definition) is 1. The van der Waals surface area contributed by atoms with Gasteiger partial charge in [0.2, 0.25) is 9.04 Å². The van der Waals surface area contributed by atoms with Crippen molar-refractivity contribution >= 4 is 39.3 Å². The van der Waals surface area contributed by atoms with Crippen molar-refractivity contribution in [2.24, 2.45) is 11.3 Å². The summed E-state index contributed by atoms with van der Waals surface area (Å²) in [5, 5.41) is 14.0. The van der Waals surface area contributed by atoms with Crippen molar-refractivity contribution in [3.63, 3.8) is 0 Å². The van der Waals surface area contributed by atoms with Crippen LogP contribution in [0.15, 0.2) is 60.7 Å². The topological polar surface area (TPSA) is 65.0 Å². The Balaban J connectivity index is 0.000000520. The highest BCUT2D eigenvalue weighted by atomic mass is 32.2. The van der Waals surface area contributed by atoms with Crippen LogP contribution in [0.1, 0.15) is 53.9 Å². The Bertz CT molecular complexity index is 814. The van der Waals surface area contributed by atoms with E-state index in [1.54, 1.807) is 0 Å². The van der Waals surface area contributed by atoms with Crippen molar-refractivity contribution in [2.45, 2.75) is 59.7 Å². The zero-order valence-corrected chi connectivity index (χ0v) is 22.9. The van der Waals surface area contributed by atoms with Gasteiger partial charge in [0.1, 0.15) is 0 Å². The summed E-state index contributed by atoms with van der Waals surface area (Å²) in [5.74, 6) is -0.972. The molecule has 1 heterocycles. The number of hydrogen-bond acceptors (Lipinski definition) is 6. The van der Waals surface area contributed by atoms with E-state index in [-0.39, 0.29) is 11.3 Å². The molecule has 0 spiro atoms. The Hall–Kier alpha value is -0.923. The number of benzene rings is 2. The Labute approximate surface area is 199 Å². The highest BCUT2D eigenvalue weighted by Gasteiger charge is 2.40. The third-order valence-electron chi connectivity index (χ3n) is 5.35. The lowest BCUT2D eigenvalue weighted by atomic mass is 9.79. The fraction of sp³-hybridized carbons (Fsp3) is 0.500. The Morgan fingerprint density at radius 3 is 1.72 bits per heavy atom. The van der Waals surface area contributed by atoms with Crippen LogP contribution in [0.2, 0.25) is 0 Å². The van der Waals surface area contributed by atoms with Gasteiger partial charge in [0.15, 0.2) is 18.1 Å². The average molecular weight is 497 g/mol. The summed E-state index contributed by atoms with van der Waals surface area (Å²) in [7, 11) is -4.48. The van der Waals surface area contributed by atoms with E-state index in [0.717, 1.165) is 25.2 Å². The van der Waals surface area contributed by atoms with E-state index in [2.05, 4.69) is 84.2 Å². The molecule has 2 aromatic rings. The van der Waals surface area contributed by atoms with Crippen molar-refractivity contribution in [2.75, 3.05) is 6.66 Å². The second kappa shape index (κ2) is 12.0. The minimum Gasteiger partial charge on any atom is -0.384 e. The zero-order chi connectivity index (χ0) is 23.8. The maximum Gasteiger partial charge on any atom is 0.353 e. The van der Waals surface area contributed by atoms with Gasteiger partial charge in [-0.25, -0.2) is 7.94 Å². The molecule has 0 amide bonds. The predicted molar refractivity (Wildman–Crippen MR) is 137 cm³/mol. The van der Waals surface area contributed by atoms with E-state index in [1.807, 2.05) is 19.1 Å². The van der Waals surface area contributed by atoms with Crippen LogP contribution in [0.3, 0.4) is 0 Å². The summed E-state index contributed by atoms with van der Waals surface area (Å²) in [4.78, 5) is 0. The third-order valence-corrected chi connectivity index (χ3v) is 10.6. The first kappa shape index (κ1) is 27.3. The summed E-state index contributed by atoms with van der Waals surface area (Å²) >= 11 is 0.781. The normalized spacial score (nSPS) is 18.1. The van der Waals surface area contributed by atoms with Crippen molar-refractivity contribution in [3.05, 3.63) is 60.7 Å². The molecule has 0 saturated carbocycles. The standard InChI is InChI=1S/C23H34O2Si.CH3O3PS/c1-6-19(18-22(3,4)5)23(24,7-2)25-26(20-14-10-8-11-15-20)21-16-12-9-13-17-21;1-5(2)3-6-4-5/h8-17,19,24,26H,6-7,18H2,1-5H3;1H3/t19?,23-;/m0./s1. The molecule has 1 N–H and O–H groups in total. The minimum atomic E-state index is -2.50. The third kappa shape index (κ3) is 8.45. The maximum atomic E-state index is 11.5. The lowest BCUT2D eigenvalue weighted by Crippen LogP contribution is -2.54. The van der Waals surface area contributed by atoms with E-state index < -0.39 is 22.4 Å². The average Bonchev–Trinajstić information content (AvgIpc) is 2.75. The molecule has 1 fully saturated rings. The molecular formula is C24H37O5PSSi. The molecule has 0 aliphatic carbocycles. The van der Waals surface area contributed by atoms with Gasteiger partial charge < -0.3 is 9.53 Å². The van der Waals surface area contributed by atoms with Gasteiger partial charge in [-0.3, -0.25) is 4.57 Å². The largest absolute Gasteiger partial charge is 0.384 e. The smallest absolute Gasteiger partial charge is 0.353 e. The fourth-order valence-corrected chi connectivity index (χ4v) is 7.23. The summed E-state index contributed by atoms with van der Waals surface area (Å²) < 4.78 is 25.6. The molecule has 2 atom stereocenters. The molecule has 1 unspecified atom stereocenters. The van der Waals surface area contributed by atoms with E-state index in [4.69, 9.17) is 4.43 Å². The highest BCUT2D eigenvalue weighted by Crippen LogP contribution is 2.61. The molecule has 0 radical (unpaired) electrons. The molecule has 1 aliphatic heterocycles. The van der Waals surface area contributed by atoms with Crippen molar-refractivity contribution in [3.8, 4) is 0 Å². The Kier molecular flexibility index (Phi) is 10.2. The summed E-state index contributed by atoms with van der Waals surface area (Å²) in [5.41, 5.74) is 0.156. The van der Waals surface area contributed by atoms with Crippen LogP contribution in [0.25, 0.3) is 0 Å². The van der Waals surface area contributed by atoms with E-state index >= 15 is 0 Å². The molecule has 32 heavy (non-hydrogen) atoms. The van der Waals surface area contributed by atoms with Gasteiger partial charge in [-0.1, -0.05) is 95.3 Å². The van der Waals surface area contributed by atoms with Crippen LogP contribution in [0.4, 0.5) is 0 Å². The molecule has 1 aliphatic rings. The van der Waals surface area contributed by atoms with Gasteiger partial charge in [0.25, 0.3) is 0 Å². The molecule has 8 heteroatoms. The molecule has 5 nitrogen and oxygen atoms in total. The van der Waals surface area contributed by atoms with Gasteiger partial charge in [0.05, 0.1) is 0 Å². The summed E-state index contributed by atoms with van der Waals surface area (Å²) in [6, 6.07) is 20.8. The Morgan fingerprint density at radius 1 is 1.00 bits per heavy atom. The van der Waals surface area contributed by atoms with Crippen LogP contribution in [-0.4, -0.2) is 26.6 Å². The van der Waals surface area contributed by atoms with E-state index in [9.17, 15) is 9.67 Å². The van der Waals surface area contributed by atoms with Crippen LogP contribution in [0, 0.1) is 11.3 Å². The van der Waals surface area contributed by atoms with Crippen molar-refractivity contribution < 1.29 is 22.0 Å². The van der Waals surface area contributed by atoms with Gasteiger partial charge in [-0.05, 0) is 35.1 Å². The van der Waals surface area contributed by atoms with Crippen LogP contribution in [-0.2, 0) is 16.9 Å². The molecule has 3 rings (SSSR count). The summed E-state index contributed by atoms with van der Waals surface area (Å²) in [6.45, 7) is 12.3. The Morgan fingerprint density at radius 2 is 1.44 bits per heavy atom. The van der Waals surface area contributed by atoms with Crippen molar-refractivity contribution in [1.82, 2.24) is 0 Å². The molecular weight excluding hydrogens is 459 g/mol. The molecule has 178 valence electrons. The second-order valence-corrected chi connectivity index (χ2v) is 14.6. The second-order valence-electron chi connectivity index (χ2n) is 9.38. The molecule has 0 aromatic heterocycles. The first-order chi connectivity index (χ1) is 15.0. The summed E-state index contributed by atoms with van der Waals surface area (Å²) in [6.07, 6.45) is 2.45. The molecule has 2 aromatic carbocycles. The zero-order valence-electron chi connectivity index (χ0n) is 20.0. The minimum absolute atomic E-state index is 0.120. The quantitative estimate of drug-likeness (QED) is 0.225.